The number of benzene rings is 1. The molecule has 0 bridgehead atoms. The van der Waals surface area contributed by atoms with Gasteiger partial charge in [-0.2, -0.15) is 0 Å². The van der Waals surface area contributed by atoms with Crippen molar-refractivity contribution in [2.24, 2.45) is 11.7 Å². The van der Waals surface area contributed by atoms with E-state index in [0.29, 0.717) is 0 Å². The van der Waals surface area contributed by atoms with Crippen LogP contribution in [0.2, 0.25) is 0 Å². The van der Waals surface area contributed by atoms with Gasteiger partial charge in [0.2, 0.25) is 5.91 Å². The van der Waals surface area contributed by atoms with Crippen LogP contribution in [-0.4, -0.2) is 29.6 Å². The van der Waals surface area contributed by atoms with Crippen LogP contribution in [0.1, 0.15) is 31.2 Å². The minimum Gasteiger partial charge on any atom is -0.481 e. The molecule has 1 amide bonds. The van der Waals surface area contributed by atoms with Crippen molar-refractivity contribution in [1.82, 2.24) is 0 Å². The van der Waals surface area contributed by atoms with Crippen LogP contribution in [0.3, 0.4) is 0 Å². The lowest BCUT2D eigenvalue weighted by Crippen LogP contribution is -2.42. The number of amides is 1. The molecule has 21 heavy (non-hydrogen) atoms. The summed E-state index contributed by atoms with van der Waals surface area (Å²) in [5.74, 6) is -1.15. The van der Waals surface area contributed by atoms with Gasteiger partial charge in [0.25, 0.3) is 0 Å². The second kappa shape index (κ2) is 6.72. The van der Waals surface area contributed by atoms with E-state index in [9.17, 15) is 9.59 Å². The summed E-state index contributed by atoms with van der Waals surface area (Å²) in [7, 11) is 0. The number of nitrogens with zero attached hydrogens (tertiary/aromatic N) is 1. The molecule has 1 aromatic carbocycles. The van der Waals surface area contributed by atoms with Gasteiger partial charge in [0.05, 0.1) is 12.3 Å². The highest BCUT2D eigenvalue weighted by Crippen LogP contribution is 2.28. The molecule has 114 valence electrons. The van der Waals surface area contributed by atoms with E-state index in [2.05, 4.69) is 0 Å². The molecule has 1 aromatic rings. The molecule has 1 fully saturated rings. The zero-order valence-electron chi connectivity index (χ0n) is 12.3. The second-order valence-corrected chi connectivity index (χ2v) is 5.67. The van der Waals surface area contributed by atoms with Gasteiger partial charge in [-0.25, -0.2) is 0 Å². The third-order valence-corrected chi connectivity index (χ3v) is 4.05. The van der Waals surface area contributed by atoms with E-state index < -0.39 is 5.97 Å². The third kappa shape index (κ3) is 3.82. The summed E-state index contributed by atoms with van der Waals surface area (Å²) in [5, 5.41) is 8.89. The largest absolute Gasteiger partial charge is 0.481 e. The Morgan fingerprint density at radius 3 is 2.48 bits per heavy atom. The number of rotatable bonds is 5. The number of carbonyl (C=O) groups is 2. The number of hydrogen-bond acceptors (Lipinski definition) is 3. The summed E-state index contributed by atoms with van der Waals surface area (Å²) in [6, 6.07) is 7.44. The maximum atomic E-state index is 12.7. The van der Waals surface area contributed by atoms with Crippen LogP contribution in [0.25, 0.3) is 0 Å². The molecule has 0 aliphatic heterocycles. The lowest BCUT2D eigenvalue weighted by atomic mass is 10.0. The van der Waals surface area contributed by atoms with Crippen molar-refractivity contribution in [2.45, 2.75) is 38.6 Å². The molecular formula is C16H22N2O3. The summed E-state index contributed by atoms with van der Waals surface area (Å²) in [4.78, 5) is 25.1. The van der Waals surface area contributed by atoms with Crippen LogP contribution in [0.15, 0.2) is 24.3 Å². The van der Waals surface area contributed by atoms with E-state index in [0.717, 1.165) is 30.5 Å². The molecule has 3 N–H and O–H groups in total. The molecule has 5 nitrogen and oxygen atoms in total. The molecule has 2 unspecified atom stereocenters. The van der Waals surface area contributed by atoms with Crippen LogP contribution in [-0.2, 0) is 9.59 Å². The van der Waals surface area contributed by atoms with E-state index >= 15 is 0 Å². The van der Waals surface area contributed by atoms with Gasteiger partial charge in [-0.1, -0.05) is 24.1 Å². The summed E-state index contributed by atoms with van der Waals surface area (Å²) in [5.41, 5.74) is 7.85. The van der Waals surface area contributed by atoms with Gasteiger partial charge in [-0.05, 0) is 31.9 Å². The maximum Gasteiger partial charge on any atom is 0.305 e. The number of carboxylic acid groups (broad SMARTS) is 1. The van der Waals surface area contributed by atoms with Crippen LogP contribution in [0, 0.1) is 12.8 Å². The van der Waals surface area contributed by atoms with Crippen molar-refractivity contribution >= 4 is 17.6 Å². The number of aryl methyl sites for hydroxylation is 1. The molecule has 0 aromatic heterocycles. The third-order valence-electron chi connectivity index (χ3n) is 4.05. The summed E-state index contributed by atoms with van der Waals surface area (Å²) in [6.45, 7) is 2.15. The van der Waals surface area contributed by atoms with Gasteiger partial charge in [0, 0.05) is 18.3 Å². The Kier molecular flexibility index (Phi) is 4.96. The quantitative estimate of drug-likeness (QED) is 0.868. The van der Waals surface area contributed by atoms with E-state index in [1.54, 1.807) is 4.90 Å². The first-order chi connectivity index (χ1) is 9.99. The van der Waals surface area contributed by atoms with Crippen LogP contribution >= 0.6 is 0 Å². The smallest absolute Gasteiger partial charge is 0.305 e. The Bertz CT molecular complexity index is 513. The number of anilines is 1. The van der Waals surface area contributed by atoms with E-state index in [1.165, 1.54) is 0 Å². The van der Waals surface area contributed by atoms with Crippen molar-refractivity contribution in [1.29, 1.82) is 0 Å². The average Bonchev–Trinajstić information content (AvgIpc) is 2.86. The number of hydrogen-bond donors (Lipinski definition) is 2. The van der Waals surface area contributed by atoms with E-state index in [4.69, 9.17) is 10.8 Å². The first kappa shape index (κ1) is 15.5. The summed E-state index contributed by atoms with van der Waals surface area (Å²) < 4.78 is 0. The van der Waals surface area contributed by atoms with Gasteiger partial charge in [-0.3, -0.25) is 9.59 Å². The predicted molar refractivity (Wildman–Crippen MR) is 81.1 cm³/mol. The number of aliphatic carboxylic acids is 1. The van der Waals surface area contributed by atoms with Gasteiger partial charge in [0.1, 0.15) is 0 Å². The fourth-order valence-electron chi connectivity index (χ4n) is 2.79. The molecule has 1 saturated carbocycles. The van der Waals surface area contributed by atoms with Gasteiger partial charge in [0.15, 0.2) is 0 Å². The van der Waals surface area contributed by atoms with Gasteiger partial charge in [-0.15, -0.1) is 0 Å². The minimum absolute atomic E-state index is 0.0508. The average molecular weight is 290 g/mol. The maximum absolute atomic E-state index is 12.7. The van der Waals surface area contributed by atoms with Crippen molar-refractivity contribution in [2.75, 3.05) is 11.4 Å². The molecule has 0 saturated heterocycles. The lowest BCUT2D eigenvalue weighted by Gasteiger charge is -2.27. The van der Waals surface area contributed by atoms with Crippen LogP contribution < -0.4 is 10.6 Å². The van der Waals surface area contributed by atoms with E-state index in [1.807, 2.05) is 31.2 Å². The Labute approximate surface area is 124 Å². The van der Waals surface area contributed by atoms with Gasteiger partial charge >= 0.3 is 5.97 Å². The first-order valence-electron chi connectivity index (χ1n) is 7.34. The number of carbonyl (C=O) groups excluding carboxylic acids is 1. The molecule has 2 atom stereocenters. The number of carboxylic acids is 1. The SMILES string of the molecule is Cc1ccc(N(CCC(=O)O)C(=O)C2CCCC2N)cc1. The molecule has 1 aliphatic carbocycles. The van der Waals surface area contributed by atoms with Crippen molar-refractivity contribution in [3.05, 3.63) is 29.8 Å². The number of nitrogens with two attached hydrogens (primary N) is 1. The molecule has 0 heterocycles. The molecule has 1 aliphatic rings. The van der Waals surface area contributed by atoms with Crippen molar-refractivity contribution in [3.8, 4) is 0 Å². The fourth-order valence-corrected chi connectivity index (χ4v) is 2.79. The fraction of sp³-hybridized carbons (Fsp3) is 0.500. The minimum atomic E-state index is -0.907. The Hall–Kier alpha value is -1.88. The van der Waals surface area contributed by atoms with Gasteiger partial charge < -0.3 is 15.7 Å². The second-order valence-electron chi connectivity index (χ2n) is 5.67. The summed E-state index contributed by atoms with van der Waals surface area (Å²) in [6.07, 6.45) is 2.53. The highest BCUT2D eigenvalue weighted by atomic mass is 16.4. The zero-order chi connectivity index (χ0) is 15.4. The Balaban J connectivity index is 2.20. The normalized spacial score (nSPS) is 21.2. The van der Waals surface area contributed by atoms with Crippen LogP contribution in [0.5, 0.6) is 0 Å². The molecule has 0 radical (unpaired) electrons. The molecule has 5 heteroatoms. The Morgan fingerprint density at radius 1 is 1.29 bits per heavy atom. The topological polar surface area (TPSA) is 83.6 Å². The molecule has 2 rings (SSSR count). The molecule has 0 spiro atoms. The Morgan fingerprint density at radius 2 is 1.95 bits per heavy atom. The highest BCUT2D eigenvalue weighted by Gasteiger charge is 2.33. The monoisotopic (exact) mass is 290 g/mol. The van der Waals surface area contributed by atoms with E-state index in [-0.39, 0.29) is 30.8 Å². The predicted octanol–water partition coefficient (Wildman–Crippen LogP) is 1.93. The lowest BCUT2D eigenvalue weighted by molar-refractivity contribution is -0.136. The highest BCUT2D eigenvalue weighted by molar-refractivity contribution is 5.96. The first-order valence-corrected chi connectivity index (χ1v) is 7.34. The summed E-state index contributed by atoms with van der Waals surface area (Å²) >= 11 is 0. The standard InChI is InChI=1S/C16H22N2O3/c1-11-5-7-12(8-6-11)18(10-9-15(19)20)16(21)13-3-2-4-14(13)17/h5-8,13-14H,2-4,9-10,17H2,1H3,(H,19,20). The van der Waals surface area contributed by atoms with Crippen molar-refractivity contribution in [3.63, 3.8) is 0 Å². The van der Waals surface area contributed by atoms with Crippen molar-refractivity contribution < 1.29 is 14.7 Å². The molecular weight excluding hydrogens is 268 g/mol. The van der Waals surface area contributed by atoms with Crippen LogP contribution in [0.4, 0.5) is 5.69 Å². The zero-order valence-corrected chi connectivity index (χ0v) is 12.3.